The van der Waals surface area contributed by atoms with E-state index in [0.29, 0.717) is 5.92 Å². The van der Waals surface area contributed by atoms with Crippen molar-refractivity contribution in [2.45, 2.75) is 57.9 Å². The summed E-state index contributed by atoms with van der Waals surface area (Å²) in [6, 6.07) is 7.98. The number of hydrogen-bond acceptors (Lipinski definition) is 2. The standard InChI is InChI=1S/C17H26N2O/c1-4-13(5-2)12(3)19-16(20)17(10-11-17)14-6-8-15(18)9-7-14/h6-9,12-13H,4-5,10-11,18H2,1-3H3,(H,19,20). The summed E-state index contributed by atoms with van der Waals surface area (Å²) in [4.78, 5) is 12.6. The first kappa shape index (κ1) is 14.9. The number of benzene rings is 1. The second-order valence-corrected chi connectivity index (χ2v) is 6.04. The van der Waals surface area contributed by atoms with Crippen LogP contribution in [0.4, 0.5) is 5.69 Å². The zero-order valence-corrected chi connectivity index (χ0v) is 12.8. The second-order valence-electron chi connectivity index (χ2n) is 6.04. The quantitative estimate of drug-likeness (QED) is 0.782. The van der Waals surface area contributed by atoms with Gasteiger partial charge in [-0.05, 0) is 43.4 Å². The molecule has 1 aromatic rings. The van der Waals surface area contributed by atoms with Crippen LogP contribution in [0.15, 0.2) is 24.3 Å². The highest BCUT2D eigenvalue weighted by Gasteiger charge is 2.51. The number of rotatable bonds is 6. The Morgan fingerprint density at radius 3 is 2.25 bits per heavy atom. The number of nitrogen functional groups attached to an aromatic ring is 1. The Morgan fingerprint density at radius 2 is 1.80 bits per heavy atom. The maximum absolute atomic E-state index is 12.6. The van der Waals surface area contributed by atoms with Gasteiger partial charge in [0.2, 0.25) is 5.91 Å². The lowest BCUT2D eigenvalue weighted by Crippen LogP contribution is -2.43. The highest BCUT2D eigenvalue weighted by Crippen LogP contribution is 2.48. The molecular formula is C17H26N2O. The van der Waals surface area contributed by atoms with Crippen LogP contribution >= 0.6 is 0 Å². The second kappa shape index (κ2) is 5.86. The predicted molar refractivity (Wildman–Crippen MR) is 83.4 cm³/mol. The van der Waals surface area contributed by atoms with E-state index in [0.717, 1.165) is 36.9 Å². The lowest BCUT2D eigenvalue weighted by atomic mass is 9.91. The lowest BCUT2D eigenvalue weighted by Gasteiger charge is -2.25. The summed E-state index contributed by atoms with van der Waals surface area (Å²) in [7, 11) is 0. The van der Waals surface area contributed by atoms with E-state index in [1.807, 2.05) is 24.3 Å². The Balaban J connectivity index is 2.07. The summed E-state index contributed by atoms with van der Waals surface area (Å²) in [6.07, 6.45) is 4.09. The van der Waals surface area contributed by atoms with Crippen LogP contribution in [0.1, 0.15) is 52.0 Å². The molecule has 3 heteroatoms. The van der Waals surface area contributed by atoms with Gasteiger partial charge in [0.25, 0.3) is 0 Å². The molecule has 0 heterocycles. The molecule has 1 aliphatic rings. The van der Waals surface area contributed by atoms with Crippen molar-refractivity contribution in [2.24, 2.45) is 5.92 Å². The number of carbonyl (C=O) groups excluding carboxylic acids is 1. The van der Waals surface area contributed by atoms with Crippen LogP contribution in [0.25, 0.3) is 0 Å². The maximum Gasteiger partial charge on any atom is 0.230 e. The van der Waals surface area contributed by atoms with Gasteiger partial charge in [-0.3, -0.25) is 4.79 Å². The third-order valence-corrected chi connectivity index (χ3v) is 4.76. The zero-order chi connectivity index (χ0) is 14.8. The average Bonchev–Trinajstić information content (AvgIpc) is 3.22. The Kier molecular flexibility index (Phi) is 4.36. The van der Waals surface area contributed by atoms with Crippen molar-refractivity contribution in [1.29, 1.82) is 0 Å². The van der Waals surface area contributed by atoms with Crippen molar-refractivity contribution in [1.82, 2.24) is 5.32 Å². The van der Waals surface area contributed by atoms with Crippen LogP contribution in [0, 0.1) is 5.92 Å². The first-order valence-corrected chi connectivity index (χ1v) is 7.70. The van der Waals surface area contributed by atoms with Crippen molar-refractivity contribution >= 4 is 11.6 Å². The summed E-state index contributed by atoms with van der Waals surface area (Å²) >= 11 is 0. The van der Waals surface area contributed by atoms with Gasteiger partial charge in [0, 0.05) is 11.7 Å². The molecule has 1 atom stereocenters. The summed E-state index contributed by atoms with van der Waals surface area (Å²) in [5, 5.41) is 3.23. The topological polar surface area (TPSA) is 55.1 Å². The van der Waals surface area contributed by atoms with Crippen molar-refractivity contribution < 1.29 is 4.79 Å². The number of nitrogens with one attached hydrogen (secondary N) is 1. The van der Waals surface area contributed by atoms with Crippen molar-refractivity contribution in [2.75, 3.05) is 5.73 Å². The molecule has 20 heavy (non-hydrogen) atoms. The molecule has 0 radical (unpaired) electrons. The van der Waals surface area contributed by atoms with Crippen molar-refractivity contribution in [3.63, 3.8) is 0 Å². The average molecular weight is 274 g/mol. The van der Waals surface area contributed by atoms with E-state index in [4.69, 9.17) is 5.73 Å². The van der Waals surface area contributed by atoms with Crippen LogP contribution in [0.2, 0.25) is 0 Å². The summed E-state index contributed by atoms with van der Waals surface area (Å²) in [5.74, 6) is 0.739. The minimum Gasteiger partial charge on any atom is -0.399 e. The molecule has 0 saturated heterocycles. The van der Waals surface area contributed by atoms with Gasteiger partial charge in [-0.2, -0.15) is 0 Å². The largest absolute Gasteiger partial charge is 0.399 e. The third-order valence-electron chi connectivity index (χ3n) is 4.76. The number of anilines is 1. The fourth-order valence-electron chi connectivity index (χ4n) is 3.03. The first-order chi connectivity index (χ1) is 9.53. The van der Waals surface area contributed by atoms with E-state index in [2.05, 4.69) is 26.1 Å². The number of carbonyl (C=O) groups is 1. The monoisotopic (exact) mass is 274 g/mol. The molecule has 0 spiro atoms. The Bertz CT molecular complexity index is 458. The Hall–Kier alpha value is -1.51. The highest BCUT2D eigenvalue weighted by molar-refractivity contribution is 5.91. The minimum absolute atomic E-state index is 0.182. The van der Waals surface area contributed by atoms with Crippen LogP contribution in [0.3, 0.4) is 0 Å². The van der Waals surface area contributed by atoms with Crippen LogP contribution in [-0.2, 0) is 10.2 Å². The van der Waals surface area contributed by atoms with Crippen molar-refractivity contribution in [3.05, 3.63) is 29.8 Å². The van der Waals surface area contributed by atoms with Gasteiger partial charge < -0.3 is 11.1 Å². The van der Waals surface area contributed by atoms with Crippen LogP contribution in [-0.4, -0.2) is 11.9 Å². The molecule has 0 aromatic heterocycles. The van der Waals surface area contributed by atoms with Gasteiger partial charge in [0.05, 0.1) is 5.41 Å². The Morgan fingerprint density at radius 1 is 1.25 bits per heavy atom. The van der Waals surface area contributed by atoms with Gasteiger partial charge >= 0.3 is 0 Å². The SMILES string of the molecule is CCC(CC)C(C)NC(=O)C1(c2ccc(N)cc2)CC1. The third kappa shape index (κ3) is 2.82. The van der Waals surface area contributed by atoms with Crippen LogP contribution in [0.5, 0.6) is 0 Å². The van der Waals surface area contributed by atoms with Gasteiger partial charge in [0.1, 0.15) is 0 Å². The molecule has 1 fully saturated rings. The molecule has 0 aliphatic heterocycles. The van der Waals surface area contributed by atoms with E-state index in [1.165, 1.54) is 0 Å². The number of nitrogens with two attached hydrogens (primary N) is 1. The number of hydrogen-bond donors (Lipinski definition) is 2. The van der Waals surface area contributed by atoms with Gasteiger partial charge in [-0.15, -0.1) is 0 Å². The van der Waals surface area contributed by atoms with Crippen LogP contribution < -0.4 is 11.1 Å². The van der Waals surface area contributed by atoms with Gasteiger partial charge in [-0.25, -0.2) is 0 Å². The van der Waals surface area contributed by atoms with Crippen molar-refractivity contribution in [3.8, 4) is 0 Å². The predicted octanol–water partition coefficient (Wildman–Crippen LogP) is 3.24. The molecule has 1 saturated carbocycles. The van der Waals surface area contributed by atoms with Gasteiger partial charge in [-0.1, -0.05) is 38.8 Å². The molecule has 3 N–H and O–H groups in total. The molecule has 0 bridgehead atoms. The minimum atomic E-state index is -0.298. The number of amides is 1. The molecule has 2 rings (SSSR count). The van der Waals surface area contributed by atoms with E-state index in [-0.39, 0.29) is 17.4 Å². The molecular weight excluding hydrogens is 248 g/mol. The van der Waals surface area contributed by atoms with E-state index in [1.54, 1.807) is 0 Å². The normalized spacial score (nSPS) is 17.8. The molecule has 1 aromatic carbocycles. The highest BCUT2D eigenvalue weighted by atomic mass is 16.2. The fraction of sp³-hybridized carbons (Fsp3) is 0.588. The molecule has 1 unspecified atom stereocenters. The molecule has 1 amide bonds. The van der Waals surface area contributed by atoms with E-state index in [9.17, 15) is 4.79 Å². The molecule has 3 nitrogen and oxygen atoms in total. The van der Waals surface area contributed by atoms with Gasteiger partial charge in [0.15, 0.2) is 0 Å². The zero-order valence-electron chi connectivity index (χ0n) is 12.8. The first-order valence-electron chi connectivity index (χ1n) is 7.70. The molecule has 110 valence electrons. The smallest absolute Gasteiger partial charge is 0.230 e. The lowest BCUT2D eigenvalue weighted by molar-refractivity contribution is -0.124. The summed E-state index contributed by atoms with van der Waals surface area (Å²) in [6.45, 7) is 6.49. The van der Waals surface area contributed by atoms with E-state index >= 15 is 0 Å². The maximum atomic E-state index is 12.6. The summed E-state index contributed by atoms with van der Waals surface area (Å²) < 4.78 is 0. The van der Waals surface area contributed by atoms with E-state index < -0.39 is 0 Å². The fourth-order valence-corrected chi connectivity index (χ4v) is 3.03. The molecule has 1 aliphatic carbocycles. The summed E-state index contributed by atoms with van der Waals surface area (Å²) in [5.41, 5.74) is 7.27. The Labute approximate surface area is 121 Å².